The largest absolute Gasteiger partial charge is 0.462 e. The van der Waals surface area contributed by atoms with Crippen LogP contribution in [-0.4, -0.2) is 53.4 Å². The molecule has 0 spiro atoms. The van der Waals surface area contributed by atoms with Crippen molar-refractivity contribution < 1.29 is 33.6 Å². The molecule has 4 unspecified atom stereocenters. The van der Waals surface area contributed by atoms with Crippen molar-refractivity contribution in [3.8, 4) is 5.75 Å². The normalized spacial score (nSPS) is 26.3. The van der Waals surface area contributed by atoms with E-state index in [1.807, 2.05) is 0 Å². The molecule has 1 aromatic carbocycles. The van der Waals surface area contributed by atoms with Crippen LogP contribution in [0.5, 0.6) is 5.75 Å². The minimum atomic E-state index is -1.35. The molecule has 3 rings (SSSR count). The maximum atomic E-state index is 12.1. The summed E-state index contributed by atoms with van der Waals surface area (Å²) in [6.45, 7) is 6.43. The van der Waals surface area contributed by atoms with Crippen LogP contribution in [0.25, 0.3) is 11.0 Å². The van der Waals surface area contributed by atoms with Gasteiger partial charge in [-0.1, -0.05) is 0 Å². The Morgan fingerprint density at radius 1 is 1.24 bits per heavy atom. The van der Waals surface area contributed by atoms with E-state index in [1.54, 1.807) is 32.9 Å². The molecule has 2 aromatic rings. The van der Waals surface area contributed by atoms with Crippen LogP contribution >= 0.6 is 0 Å². The van der Waals surface area contributed by atoms with Gasteiger partial charge in [-0.25, -0.2) is 4.79 Å². The predicted octanol–water partition coefficient (Wildman–Crippen LogP) is 1.31. The molecule has 0 aliphatic carbocycles. The maximum Gasteiger partial charge on any atom is 0.360 e. The van der Waals surface area contributed by atoms with Crippen LogP contribution < -0.4 is 15.7 Å². The lowest BCUT2D eigenvalue weighted by Crippen LogP contribution is -2.63. The molecule has 0 radical (unpaired) electrons. The first-order valence-electron chi connectivity index (χ1n) is 9.13. The zero-order valence-electron chi connectivity index (χ0n) is 16.9. The van der Waals surface area contributed by atoms with E-state index < -0.39 is 35.8 Å². The van der Waals surface area contributed by atoms with E-state index in [2.05, 4.69) is 5.32 Å². The number of aliphatic hydroxyl groups excluding tert-OH is 2. The summed E-state index contributed by atoms with van der Waals surface area (Å²) in [5.74, 6) is -0.0665. The molecule has 29 heavy (non-hydrogen) atoms. The Morgan fingerprint density at radius 2 is 1.93 bits per heavy atom. The number of hydrogen-bond donors (Lipinski definition) is 3. The quantitative estimate of drug-likeness (QED) is 0.648. The fourth-order valence-corrected chi connectivity index (χ4v) is 3.54. The van der Waals surface area contributed by atoms with Crippen molar-refractivity contribution in [2.24, 2.45) is 0 Å². The molecule has 0 saturated carbocycles. The van der Waals surface area contributed by atoms with Gasteiger partial charge in [-0.15, -0.1) is 0 Å². The van der Waals surface area contributed by atoms with E-state index in [9.17, 15) is 19.8 Å². The Hall–Kier alpha value is -2.46. The Labute approximate surface area is 167 Å². The van der Waals surface area contributed by atoms with Gasteiger partial charge in [0.1, 0.15) is 35.3 Å². The van der Waals surface area contributed by atoms with Crippen molar-refractivity contribution in [2.75, 3.05) is 12.4 Å². The van der Waals surface area contributed by atoms with E-state index in [-0.39, 0.29) is 17.2 Å². The number of benzene rings is 1. The summed E-state index contributed by atoms with van der Waals surface area (Å²) in [7, 11) is 1.43. The van der Waals surface area contributed by atoms with Gasteiger partial charge in [-0.2, -0.15) is 0 Å². The van der Waals surface area contributed by atoms with Crippen molar-refractivity contribution in [2.45, 2.75) is 57.9 Å². The number of carbonyl (C=O) groups is 1. The predicted molar refractivity (Wildman–Crippen MR) is 104 cm³/mol. The Balaban J connectivity index is 1.93. The highest BCUT2D eigenvalue weighted by molar-refractivity contribution is 5.91. The Kier molecular flexibility index (Phi) is 5.68. The number of ether oxygens (including phenoxy) is 3. The molecule has 0 bridgehead atoms. The van der Waals surface area contributed by atoms with Crippen LogP contribution in [0.4, 0.5) is 5.69 Å². The number of aliphatic hydroxyl groups is 2. The number of nitrogens with one attached hydrogen (secondary N) is 1. The molecule has 1 aliphatic rings. The number of anilines is 1. The SMILES string of the molecule is COC1C(O)C(O)C(Oc2ccc3cc(NC(C)=O)c(=O)oc3c2C)OC1(C)C. The molecule has 4 atom stereocenters. The van der Waals surface area contributed by atoms with Crippen LogP contribution in [-0.2, 0) is 14.3 Å². The topological polar surface area (TPSA) is 127 Å². The molecule has 1 amide bonds. The van der Waals surface area contributed by atoms with E-state index in [0.29, 0.717) is 16.7 Å². The number of methoxy groups -OCH3 is 1. The second kappa shape index (κ2) is 7.75. The van der Waals surface area contributed by atoms with Crippen molar-refractivity contribution in [1.29, 1.82) is 0 Å². The number of amides is 1. The lowest BCUT2D eigenvalue weighted by Gasteiger charge is -2.46. The average molecular weight is 407 g/mol. The minimum absolute atomic E-state index is 0.0413. The molecule has 1 aliphatic heterocycles. The highest BCUT2D eigenvalue weighted by atomic mass is 16.7. The molecule has 3 N–H and O–H groups in total. The zero-order chi connectivity index (χ0) is 21.5. The van der Waals surface area contributed by atoms with Gasteiger partial charge >= 0.3 is 5.63 Å². The second-order valence-corrected chi connectivity index (χ2v) is 7.58. The second-order valence-electron chi connectivity index (χ2n) is 7.58. The maximum absolute atomic E-state index is 12.1. The van der Waals surface area contributed by atoms with Crippen LogP contribution in [0.1, 0.15) is 26.3 Å². The summed E-state index contributed by atoms with van der Waals surface area (Å²) in [5.41, 5.74) is -0.781. The summed E-state index contributed by atoms with van der Waals surface area (Å²) in [5, 5.41) is 23.8. The number of rotatable bonds is 4. The summed E-state index contributed by atoms with van der Waals surface area (Å²) in [6, 6.07) is 4.80. The van der Waals surface area contributed by atoms with Gasteiger partial charge in [0.25, 0.3) is 0 Å². The first kappa shape index (κ1) is 21.3. The Morgan fingerprint density at radius 3 is 2.55 bits per heavy atom. The molecular weight excluding hydrogens is 382 g/mol. The molecule has 1 aromatic heterocycles. The highest BCUT2D eigenvalue weighted by Crippen LogP contribution is 2.34. The summed E-state index contributed by atoms with van der Waals surface area (Å²) < 4.78 is 22.2. The molecule has 1 saturated heterocycles. The molecule has 9 heteroatoms. The van der Waals surface area contributed by atoms with E-state index in [4.69, 9.17) is 18.6 Å². The van der Waals surface area contributed by atoms with E-state index >= 15 is 0 Å². The number of carbonyl (C=O) groups excluding carboxylic acids is 1. The molecule has 1 fully saturated rings. The molecule has 9 nitrogen and oxygen atoms in total. The van der Waals surface area contributed by atoms with Crippen LogP contribution in [0.3, 0.4) is 0 Å². The van der Waals surface area contributed by atoms with Crippen LogP contribution in [0, 0.1) is 6.92 Å². The lowest BCUT2D eigenvalue weighted by atomic mass is 9.89. The third-order valence-electron chi connectivity index (χ3n) is 4.95. The third kappa shape index (κ3) is 3.99. The summed E-state index contributed by atoms with van der Waals surface area (Å²) in [4.78, 5) is 23.4. The van der Waals surface area contributed by atoms with E-state index in [0.717, 1.165) is 0 Å². The van der Waals surface area contributed by atoms with Gasteiger partial charge < -0.3 is 34.2 Å². The molecule has 2 heterocycles. The third-order valence-corrected chi connectivity index (χ3v) is 4.95. The van der Waals surface area contributed by atoms with Gasteiger partial charge in [0.05, 0.1) is 5.60 Å². The Bertz CT molecular complexity index is 982. The van der Waals surface area contributed by atoms with Crippen LogP contribution in [0.15, 0.2) is 27.4 Å². The smallest absolute Gasteiger partial charge is 0.360 e. The fraction of sp³-hybridized carbons (Fsp3) is 0.500. The van der Waals surface area contributed by atoms with Gasteiger partial charge in [-0.05, 0) is 39.0 Å². The molecule has 158 valence electrons. The number of fused-ring (bicyclic) bond motifs is 1. The highest BCUT2D eigenvalue weighted by Gasteiger charge is 2.50. The number of aryl methyl sites for hydroxylation is 1. The average Bonchev–Trinajstić information content (AvgIpc) is 2.63. The lowest BCUT2D eigenvalue weighted by molar-refractivity contribution is -0.306. The zero-order valence-corrected chi connectivity index (χ0v) is 16.9. The molecular formula is C20H25NO8. The van der Waals surface area contributed by atoms with Crippen molar-refractivity contribution in [3.63, 3.8) is 0 Å². The summed E-state index contributed by atoms with van der Waals surface area (Å²) in [6.07, 6.45) is -4.46. The van der Waals surface area contributed by atoms with Crippen LogP contribution in [0.2, 0.25) is 0 Å². The standard InChI is InChI=1S/C20H25NO8/c1-9-13(27-19-15(24)14(23)17(26-5)20(3,4)29-19)7-6-11-8-12(21-10(2)22)18(25)28-16(9)11/h6-8,14-15,17,19,23-24H,1-5H3,(H,21,22). The minimum Gasteiger partial charge on any atom is -0.462 e. The first-order chi connectivity index (χ1) is 13.5. The van der Waals surface area contributed by atoms with Crippen molar-refractivity contribution >= 4 is 22.6 Å². The summed E-state index contributed by atoms with van der Waals surface area (Å²) >= 11 is 0. The van der Waals surface area contributed by atoms with Crippen molar-refractivity contribution in [3.05, 3.63) is 34.2 Å². The fourth-order valence-electron chi connectivity index (χ4n) is 3.54. The number of hydrogen-bond acceptors (Lipinski definition) is 8. The van der Waals surface area contributed by atoms with Gasteiger partial charge in [0.2, 0.25) is 12.2 Å². The monoisotopic (exact) mass is 407 g/mol. The van der Waals surface area contributed by atoms with Gasteiger partial charge in [0.15, 0.2) is 0 Å². The van der Waals surface area contributed by atoms with Gasteiger partial charge in [0, 0.05) is 25.0 Å². The van der Waals surface area contributed by atoms with Crippen molar-refractivity contribution in [1.82, 2.24) is 0 Å². The van der Waals surface area contributed by atoms with Gasteiger partial charge in [-0.3, -0.25) is 4.79 Å². The van der Waals surface area contributed by atoms with E-state index in [1.165, 1.54) is 20.1 Å². The first-order valence-corrected chi connectivity index (χ1v) is 9.13.